The first-order valence-corrected chi connectivity index (χ1v) is 10.1. The average molecular weight is 380 g/mol. The van der Waals surface area contributed by atoms with Gasteiger partial charge in [0.15, 0.2) is 5.82 Å². The van der Waals surface area contributed by atoms with Crippen molar-refractivity contribution < 1.29 is 0 Å². The van der Waals surface area contributed by atoms with Crippen LogP contribution in [0, 0.1) is 6.92 Å². The Labute approximate surface area is 166 Å². The Balaban J connectivity index is 1.53. The molecule has 0 aliphatic carbocycles. The largest absolute Gasteiger partial charge is 0.354 e. The van der Waals surface area contributed by atoms with Crippen LogP contribution < -0.4 is 4.90 Å². The Morgan fingerprint density at radius 2 is 1.75 bits per heavy atom. The van der Waals surface area contributed by atoms with E-state index in [-0.39, 0.29) is 0 Å². The van der Waals surface area contributed by atoms with Crippen molar-refractivity contribution in [2.24, 2.45) is 0 Å². The Morgan fingerprint density at radius 1 is 1.00 bits per heavy atom. The fraction of sp³-hybridized carbons (Fsp3) is 0.476. The van der Waals surface area contributed by atoms with Gasteiger partial charge in [-0.25, -0.2) is 4.98 Å². The van der Waals surface area contributed by atoms with Crippen LogP contribution in [-0.4, -0.2) is 69.2 Å². The lowest BCUT2D eigenvalue weighted by molar-refractivity contribution is 0.270. The summed E-state index contributed by atoms with van der Waals surface area (Å²) in [5.74, 6) is 2.60. The molecule has 4 rings (SSSR count). The molecule has 0 N–H and O–H groups in total. The SMILES string of the molecule is CCN1CCN(c2cc(C)nc3nc(CN(C)Cc4ccccc4)nn23)CC1. The standard InChI is InChI=1S/C21H29N7/c1-4-26-10-12-27(13-11-26)20-14-17(2)22-21-23-19(24-28(20)21)16-25(3)15-18-8-6-5-7-9-18/h5-9,14H,4,10-13,15-16H2,1-3H3. The van der Waals surface area contributed by atoms with E-state index in [9.17, 15) is 0 Å². The summed E-state index contributed by atoms with van der Waals surface area (Å²) in [5.41, 5.74) is 2.27. The van der Waals surface area contributed by atoms with E-state index in [1.54, 1.807) is 0 Å². The third kappa shape index (κ3) is 4.15. The number of anilines is 1. The van der Waals surface area contributed by atoms with Gasteiger partial charge < -0.3 is 9.80 Å². The van der Waals surface area contributed by atoms with Crippen LogP contribution in [0.4, 0.5) is 5.82 Å². The normalized spacial score (nSPS) is 15.6. The highest BCUT2D eigenvalue weighted by molar-refractivity contribution is 5.48. The summed E-state index contributed by atoms with van der Waals surface area (Å²) < 4.78 is 1.92. The number of fused-ring (bicyclic) bond motifs is 1. The summed E-state index contributed by atoms with van der Waals surface area (Å²) in [5, 5.41) is 4.80. The number of likely N-dealkylation sites (N-methyl/N-ethyl adjacent to an activating group) is 1. The molecule has 0 unspecified atom stereocenters. The first-order valence-electron chi connectivity index (χ1n) is 10.1. The molecule has 28 heavy (non-hydrogen) atoms. The number of hydrogen-bond donors (Lipinski definition) is 0. The molecular weight excluding hydrogens is 350 g/mol. The third-order valence-electron chi connectivity index (χ3n) is 5.32. The third-order valence-corrected chi connectivity index (χ3v) is 5.32. The van der Waals surface area contributed by atoms with Crippen molar-refractivity contribution in [1.29, 1.82) is 0 Å². The zero-order chi connectivity index (χ0) is 19.5. The lowest BCUT2D eigenvalue weighted by atomic mass is 10.2. The molecule has 3 heterocycles. The van der Waals surface area contributed by atoms with E-state index < -0.39 is 0 Å². The van der Waals surface area contributed by atoms with Gasteiger partial charge in [-0.3, -0.25) is 4.90 Å². The van der Waals surface area contributed by atoms with Crippen molar-refractivity contribution >= 4 is 11.6 Å². The molecular formula is C21H29N7. The quantitative estimate of drug-likeness (QED) is 0.655. The smallest absolute Gasteiger partial charge is 0.254 e. The highest BCUT2D eigenvalue weighted by atomic mass is 15.4. The Morgan fingerprint density at radius 3 is 2.46 bits per heavy atom. The average Bonchev–Trinajstić information content (AvgIpc) is 3.10. The molecule has 0 radical (unpaired) electrons. The van der Waals surface area contributed by atoms with Gasteiger partial charge >= 0.3 is 0 Å². The lowest BCUT2D eigenvalue weighted by Gasteiger charge is -2.35. The van der Waals surface area contributed by atoms with E-state index in [0.29, 0.717) is 12.3 Å². The first kappa shape index (κ1) is 18.8. The number of piperazine rings is 1. The summed E-state index contributed by atoms with van der Waals surface area (Å²) in [6, 6.07) is 12.6. The van der Waals surface area contributed by atoms with E-state index in [1.807, 2.05) is 17.5 Å². The molecule has 148 valence electrons. The zero-order valence-electron chi connectivity index (χ0n) is 17.0. The lowest BCUT2D eigenvalue weighted by Crippen LogP contribution is -2.46. The van der Waals surface area contributed by atoms with Crippen molar-refractivity contribution in [2.45, 2.75) is 26.9 Å². The maximum absolute atomic E-state index is 4.80. The fourth-order valence-corrected chi connectivity index (χ4v) is 3.79. The Bertz CT molecular complexity index is 913. The molecule has 7 heteroatoms. The molecule has 0 amide bonds. The van der Waals surface area contributed by atoms with Crippen LogP contribution in [0.25, 0.3) is 5.78 Å². The number of hydrogen-bond acceptors (Lipinski definition) is 6. The molecule has 0 atom stereocenters. The van der Waals surface area contributed by atoms with Crippen LogP contribution >= 0.6 is 0 Å². The molecule has 1 aliphatic rings. The first-order chi connectivity index (χ1) is 13.6. The van der Waals surface area contributed by atoms with E-state index in [1.165, 1.54) is 5.56 Å². The van der Waals surface area contributed by atoms with Gasteiger partial charge in [0.25, 0.3) is 5.78 Å². The van der Waals surface area contributed by atoms with Gasteiger partial charge in [0, 0.05) is 44.5 Å². The number of aryl methyl sites for hydroxylation is 1. The molecule has 1 saturated heterocycles. The number of nitrogens with zero attached hydrogens (tertiary/aromatic N) is 7. The highest BCUT2D eigenvalue weighted by Gasteiger charge is 2.20. The van der Waals surface area contributed by atoms with E-state index in [4.69, 9.17) is 10.1 Å². The van der Waals surface area contributed by atoms with Gasteiger partial charge in [-0.05, 0) is 26.1 Å². The highest BCUT2D eigenvalue weighted by Crippen LogP contribution is 2.19. The van der Waals surface area contributed by atoms with Crippen LogP contribution in [0.15, 0.2) is 36.4 Å². The topological polar surface area (TPSA) is 52.8 Å². The summed E-state index contributed by atoms with van der Waals surface area (Å²) in [6.07, 6.45) is 0. The monoisotopic (exact) mass is 379 g/mol. The molecule has 0 saturated carbocycles. The number of rotatable bonds is 6. The fourth-order valence-electron chi connectivity index (χ4n) is 3.79. The van der Waals surface area contributed by atoms with Crippen LogP contribution in [-0.2, 0) is 13.1 Å². The van der Waals surface area contributed by atoms with Gasteiger partial charge in [0.05, 0.1) is 6.54 Å². The summed E-state index contributed by atoms with van der Waals surface area (Å²) in [4.78, 5) is 16.4. The molecule has 1 fully saturated rings. The molecule has 0 spiro atoms. The predicted octanol–water partition coefficient (Wildman–Crippen LogP) is 2.21. The molecule has 1 aromatic carbocycles. The van der Waals surface area contributed by atoms with Crippen molar-refractivity contribution in [3.05, 3.63) is 53.5 Å². The van der Waals surface area contributed by atoms with E-state index in [2.05, 4.69) is 64.0 Å². The van der Waals surface area contributed by atoms with Gasteiger partial charge in [0.2, 0.25) is 0 Å². The Hall–Kier alpha value is -2.51. The maximum atomic E-state index is 4.80. The van der Waals surface area contributed by atoms with Crippen LogP contribution in [0.2, 0.25) is 0 Å². The molecule has 0 bridgehead atoms. The summed E-state index contributed by atoms with van der Waals surface area (Å²) in [6.45, 7) is 11.1. The number of benzene rings is 1. The zero-order valence-corrected chi connectivity index (χ0v) is 17.0. The second-order valence-electron chi connectivity index (χ2n) is 7.57. The molecule has 2 aromatic heterocycles. The van der Waals surface area contributed by atoms with Crippen molar-refractivity contribution in [3.63, 3.8) is 0 Å². The molecule has 1 aliphatic heterocycles. The summed E-state index contributed by atoms with van der Waals surface area (Å²) >= 11 is 0. The van der Waals surface area contributed by atoms with Crippen molar-refractivity contribution in [3.8, 4) is 0 Å². The molecule has 7 nitrogen and oxygen atoms in total. The maximum Gasteiger partial charge on any atom is 0.254 e. The van der Waals surface area contributed by atoms with Gasteiger partial charge in [-0.15, -0.1) is 5.10 Å². The minimum Gasteiger partial charge on any atom is -0.354 e. The van der Waals surface area contributed by atoms with Crippen LogP contribution in [0.1, 0.15) is 24.0 Å². The van der Waals surface area contributed by atoms with E-state index >= 15 is 0 Å². The van der Waals surface area contributed by atoms with E-state index in [0.717, 1.165) is 56.6 Å². The van der Waals surface area contributed by atoms with Crippen LogP contribution in [0.5, 0.6) is 0 Å². The van der Waals surface area contributed by atoms with Gasteiger partial charge in [-0.2, -0.15) is 9.50 Å². The number of aromatic nitrogens is 4. The summed E-state index contributed by atoms with van der Waals surface area (Å²) in [7, 11) is 2.10. The Kier molecular flexibility index (Phi) is 5.54. The molecule has 3 aromatic rings. The van der Waals surface area contributed by atoms with Gasteiger partial charge in [-0.1, -0.05) is 37.3 Å². The second-order valence-corrected chi connectivity index (χ2v) is 7.57. The van der Waals surface area contributed by atoms with Gasteiger partial charge in [0.1, 0.15) is 5.82 Å². The minimum absolute atomic E-state index is 0.691. The van der Waals surface area contributed by atoms with Crippen molar-refractivity contribution in [2.75, 3.05) is 44.7 Å². The second kappa shape index (κ2) is 8.24. The predicted molar refractivity (Wildman–Crippen MR) is 111 cm³/mol. The van der Waals surface area contributed by atoms with Crippen LogP contribution in [0.3, 0.4) is 0 Å². The minimum atomic E-state index is 0.691. The van der Waals surface area contributed by atoms with Crippen molar-refractivity contribution in [1.82, 2.24) is 29.4 Å².